The topological polar surface area (TPSA) is 41.2 Å². The molecular formula is C86H59N5Si2. The van der Waals surface area contributed by atoms with Crippen LogP contribution in [0.1, 0.15) is 5.56 Å². The van der Waals surface area contributed by atoms with E-state index in [1.165, 1.54) is 41.5 Å². The van der Waals surface area contributed by atoms with Crippen LogP contribution in [0.25, 0.3) is 71.0 Å². The first-order valence-corrected chi connectivity index (χ1v) is 35.5. The maximum absolute atomic E-state index is 10.0. The van der Waals surface area contributed by atoms with Crippen molar-refractivity contribution >= 4 is 124 Å². The summed E-state index contributed by atoms with van der Waals surface area (Å²) < 4.78 is 4.73. The number of hydrogen-bond acceptors (Lipinski definition) is 2. The molecule has 2 heterocycles. The normalized spacial score (nSPS) is 11.6. The second-order valence-electron chi connectivity index (χ2n) is 23.8. The van der Waals surface area contributed by atoms with Crippen LogP contribution in [-0.4, -0.2) is 25.3 Å². The van der Waals surface area contributed by atoms with E-state index in [0.717, 1.165) is 83.2 Å². The molecular weight excluding hydrogens is 1160 g/mol. The van der Waals surface area contributed by atoms with Crippen LogP contribution in [0.5, 0.6) is 0 Å². The highest BCUT2D eigenvalue weighted by Gasteiger charge is 2.43. The van der Waals surface area contributed by atoms with Gasteiger partial charge in [0.2, 0.25) is 0 Å². The van der Waals surface area contributed by atoms with Gasteiger partial charge in [0, 0.05) is 50.0 Å². The average molecular weight is 1220 g/mol. The third-order valence-electron chi connectivity index (χ3n) is 18.8. The predicted molar refractivity (Wildman–Crippen MR) is 393 cm³/mol. The Kier molecular flexibility index (Phi) is 14.3. The molecule has 0 aliphatic heterocycles. The van der Waals surface area contributed by atoms with E-state index < -0.39 is 16.1 Å². The second kappa shape index (κ2) is 23.7. The van der Waals surface area contributed by atoms with Crippen molar-refractivity contribution in [3.05, 3.63) is 375 Å². The van der Waals surface area contributed by atoms with Crippen LogP contribution < -0.4 is 46.4 Å². The molecule has 0 aliphatic carbocycles. The number of fused-ring (bicyclic) bond motifs is 6. The Morgan fingerprint density at radius 3 is 0.935 bits per heavy atom. The lowest BCUT2D eigenvalue weighted by atomic mass is 10.0. The van der Waals surface area contributed by atoms with Gasteiger partial charge in [0.15, 0.2) is 21.8 Å². The summed E-state index contributed by atoms with van der Waals surface area (Å²) in [5.74, 6) is 0. The average Bonchev–Trinajstić information content (AvgIpc) is 1.09. The molecule has 0 radical (unpaired) electrons. The van der Waals surface area contributed by atoms with E-state index in [1.807, 2.05) is 24.3 Å². The van der Waals surface area contributed by atoms with Crippen molar-refractivity contribution in [2.24, 2.45) is 0 Å². The molecule has 0 fully saturated rings. The quantitative estimate of drug-likeness (QED) is 0.0618. The van der Waals surface area contributed by atoms with Crippen LogP contribution in [0.2, 0.25) is 0 Å². The van der Waals surface area contributed by atoms with Gasteiger partial charge < -0.3 is 14.0 Å². The predicted octanol–water partition coefficient (Wildman–Crippen LogP) is 16.2. The summed E-state index contributed by atoms with van der Waals surface area (Å²) in [6, 6.07) is 133. The van der Waals surface area contributed by atoms with Gasteiger partial charge in [-0.25, -0.2) is 4.85 Å². The van der Waals surface area contributed by atoms with Gasteiger partial charge in [-0.1, -0.05) is 261 Å². The molecule has 0 saturated heterocycles. The molecule has 7 heteroatoms. The molecule has 0 unspecified atom stereocenters. The Morgan fingerprint density at radius 1 is 0.290 bits per heavy atom. The molecule has 436 valence electrons. The minimum Gasteiger partial charge on any atom is -0.310 e. The van der Waals surface area contributed by atoms with E-state index in [9.17, 15) is 5.26 Å². The minimum atomic E-state index is -2.98. The molecule has 0 N–H and O–H groups in total. The number of anilines is 3. The molecule has 0 spiro atoms. The van der Waals surface area contributed by atoms with Gasteiger partial charge in [0.1, 0.15) is 0 Å². The number of rotatable bonds is 14. The van der Waals surface area contributed by atoms with E-state index >= 15 is 0 Å². The first-order chi connectivity index (χ1) is 46.0. The highest BCUT2D eigenvalue weighted by molar-refractivity contribution is 7.20. The zero-order valence-corrected chi connectivity index (χ0v) is 52.8. The van der Waals surface area contributed by atoms with E-state index in [0.29, 0.717) is 11.3 Å². The highest BCUT2D eigenvalue weighted by Crippen LogP contribution is 2.43. The smallest absolute Gasteiger partial charge is 0.187 e. The summed E-state index contributed by atoms with van der Waals surface area (Å²) in [7, 11) is -5.96. The largest absolute Gasteiger partial charge is 0.310 e. The van der Waals surface area contributed by atoms with E-state index in [2.05, 4.69) is 359 Å². The van der Waals surface area contributed by atoms with Crippen molar-refractivity contribution < 1.29 is 0 Å². The maximum atomic E-state index is 10.0. The molecule has 0 bridgehead atoms. The lowest BCUT2D eigenvalue weighted by molar-refractivity contribution is 1.18. The number of aromatic nitrogens is 2. The Bertz CT molecular complexity index is 4980. The summed E-state index contributed by atoms with van der Waals surface area (Å²) in [6.07, 6.45) is 0. The molecule has 16 rings (SSSR count). The third kappa shape index (κ3) is 9.50. The zero-order chi connectivity index (χ0) is 62.3. The second-order valence-corrected chi connectivity index (χ2v) is 31.4. The fraction of sp³-hybridized carbons (Fsp3) is 0. The van der Waals surface area contributed by atoms with Crippen LogP contribution in [0.4, 0.5) is 22.7 Å². The number of benzene rings is 14. The Morgan fingerprint density at radius 2 is 0.591 bits per heavy atom. The van der Waals surface area contributed by atoms with Gasteiger partial charge in [-0.05, 0) is 150 Å². The molecule has 93 heavy (non-hydrogen) atoms. The molecule has 0 saturated carbocycles. The molecule has 0 aliphatic rings. The van der Waals surface area contributed by atoms with Crippen molar-refractivity contribution in [2.45, 2.75) is 0 Å². The summed E-state index contributed by atoms with van der Waals surface area (Å²) in [5, 5.41) is 24.9. The first kappa shape index (κ1) is 56.2. The standard InChI is InChI=1S/C86H59N5Si2/c1-88-65-41-47-68(48-42-65)91-84-54-50-70(58-80(84)82-60-78(52-56-86(82)91)93(74-31-17-6-18-32-74,75-33-19-7-20-34-75)76-35-21-8-22-36-76)89(66-45-39-64(40-46-66)63-23-9-2-10-24-63)69-49-53-83-79(57-69)81-59-77(51-55-85(81)90(83)67-43-37-62(61-87)38-44-67)92(71-25-11-3-12-26-71,72-27-13-4-14-28-72)73-29-15-5-16-30-73/h2-60H. The van der Waals surface area contributed by atoms with Gasteiger partial charge in [0.25, 0.3) is 0 Å². The lowest BCUT2D eigenvalue weighted by Gasteiger charge is -2.34. The van der Waals surface area contributed by atoms with Crippen LogP contribution in [0.15, 0.2) is 358 Å². The van der Waals surface area contributed by atoms with E-state index in [-0.39, 0.29) is 0 Å². The third-order valence-corrected chi connectivity index (χ3v) is 28.4. The van der Waals surface area contributed by atoms with Crippen molar-refractivity contribution in [1.82, 2.24) is 9.13 Å². The van der Waals surface area contributed by atoms with Crippen LogP contribution >= 0.6 is 0 Å². The van der Waals surface area contributed by atoms with Crippen LogP contribution in [0, 0.1) is 17.9 Å². The summed E-state index contributed by atoms with van der Waals surface area (Å²) >= 11 is 0. The summed E-state index contributed by atoms with van der Waals surface area (Å²) in [5.41, 5.74) is 12.7. The molecule has 16 aromatic rings. The van der Waals surface area contributed by atoms with Gasteiger partial charge in [-0.2, -0.15) is 5.26 Å². The van der Waals surface area contributed by atoms with Gasteiger partial charge >= 0.3 is 0 Å². The Labute approximate surface area is 543 Å². The number of nitriles is 1. The maximum Gasteiger partial charge on any atom is 0.187 e. The van der Waals surface area contributed by atoms with Crippen LogP contribution in [-0.2, 0) is 0 Å². The number of hydrogen-bond donors (Lipinski definition) is 0. The minimum absolute atomic E-state index is 0.598. The monoisotopic (exact) mass is 1220 g/mol. The summed E-state index contributed by atoms with van der Waals surface area (Å²) in [6.45, 7) is 7.89. The first-order valence-electron chi connectivity index (χ1n) is 31.5. The Balaban J connectivity index is 0.972. The van der Waals surface area contributed by atoms with Gasteiger partial charge in [0.05, 0.1) is 40.3 Å². The zero-order valence-electron chi connectivity index (χ0n) is 50.8. The van der Waals surface area contributed by atoms with Gasteiger partial charge in [-0.15, -0.1) is 0 Å². The number of nitrogens with zero attached hydrogens (tertiary/aromatic N) is 5. The van der Waals surface area contributed by atoms with Gasteiger partial charge in [-0.3, -0.25) is 0 Å². The molecule has 14 aromatic carbocycles. The van der Waals surface area contributed by atoms with Crippen molar-refractivity contribution in [2.75, 3.05) is 4.90 Å². The van der Waals surface area contributed by atoms with Crippen LogP contribution in [0.3, 0.4) is 0 Å². The summed E-state index contributed by atoms with van der Waals surface area (Å²) in [4.78, 5) is 6.22. The molecule has 5 nitrogen and oxygen atoms in total. The lowest BCUT2D eigenvalue weighted by Crippen LogP contribution is -2.74. The fourth-order valence-electron chi connectivity index (χ4n) is 14.7. The van der Waals surface area contributed by atoms with Crippen molar-refractivity contribution in [3.63, 3.8) is 0 Å². The van der Waals surface area contributed by atoms with Crippen molar-refractivity contribution in [1.29, 1.82) is 5.26 Å². The van der Waals surface area contributed by atoms with E-state index in [1.54, 1.807) is 0 Å². The molecule has 0 atom stereocenters. The Hall–Kier alpha value is -12.1. The fourth-order valence-corrected chi connectivity index (χ4v) is 24.2. The molecule has 0 amide bonds. The SMILES string of the molecule is [C-]#[N+]c1ccc(-n2c3ccc(N(c4ccc(-c5ccccc5)cc4)c4ccc5c(c4)c4cc([Si](c6ccccc6)(c6ccccc6)c6ccccc6)ccc4n5-c4ccc(C#N)cc4)cc3c3cc([Si](c4ccccc4)(c4ccccc4)c4ccccc4)ccc32)cc1. The van der Waals surface area contributed by atoms with Crippen molar-refractivity contribution in [3.8, 4) is 28.6 Å². The molecule has 2 aromatic heterocycles. The highest BCUT2D eigenvalue weighted by atomic mass is 28.3. The van der Waals surface area contributed by atoms with E-state index in [4.69, 9.17) is 6.57 Å².